The quantitative estimate of drug-likeness (QED) is 0.832. The maximum atomic E-state index is 4.28. The third kappa shape index (κ3) is 3.92. The summed E-state index contributed by atoms with van der Waals surface area (Å²) < 4.78 is 0. The fourth-order valence-corrected chi connectivity index (χ4v) is 2.09. The average molecular weight is 226 g/mol. The van der Waals surface area contributed by atoms with Crippen molar-refractivity contribution < 1.29 is 0 Å². The van der Waals surface area contributed by atoms with Gasteiger partial charge in [-0.25, -0.2) is 4.98 Å². The second-order valence-corrected chi connectivity index (χ2v) is 5.90. The topological polar surface area (TPSA) is 24.9 Å². The number of hydrogen-bond acceptors (Lipinski definition) is 3. The van der Waals surface area contributed by atoms with Crippen molar-refractivity contribution in [1.82, 2.24) is 10.3 Å². The summed E-state index contributed by atoms with van der Waals surface area (Å²) in [6.45, 7) is 12.2. The van der Waals surface area contributed by atoms with E-state index >= 15 is 0 Å². The maximum absolute atomic E-state index is 4.28. The summed E-state index contributed by atoms with van der Waals surface area (Å²) in [7, 11) is 0. The standard InChI is InChI=1S/C12H22N2S/c1-8(2)9(3)6-13-10(4)12-7-14-11(5)15-12/h7-10,13H,6H2,1-5H3. The number of thiazole rings is 1. The van der Waals surface area contributed by atoms with Gasteiger partial charge in [-0.3, -0.25) is 0 Å². The maximum Gasteiger partial charge on any atom is 0.0897 e. The summed E-state index contributed by atoms with van der Waals surface area (Å²) >= 11 is 1.78. The summed E-state index contributed by atoms with van der Waals surface area (Å²) in [4.78, 5) is 5.61. The number of nitrogens with zero attached hydrogens (tertiary/aromatic N) is 1. The molecule has 0 aromatic carbocycles. The van der Waals surface area contributed by atoms with Crippen molar-refractivity contribution in [2.75, 3.05) is 6.54 Å². The van der Waals surface area contributed by atoms with Crippen LogP contribution in [0, 0.1) is 18.8 Å². The lowest BCUT2D eigenvalue weighted by molar-refractivity contribution is 0.377. The van der Waals surface area contributed by atoms with Crippen molar-refractivity contribution >= 4 is 11.3 Å². The van der Waals surface area contributed by atoms with Crippen molar-refractivity contribution in [3.05, 3.63) is 16.1 Å². The highest BCUT2D eigenvalue weighted by Crippen LogP contribution is 2.20. The van der Waals surface area contributed by atoms with Gasteiger partial charge in [-0.05, 0) is 32.2 Å². The van der Waals surface area contributed by atoms with Crippen LogP contribution in [0.1, 0.15) is 43.6 Å². The molecule has 0 fully saturated rings. The normalized spacial score (nSPS) is 15.6. The molecule has 0 amide bonds. The van der Waals surface area contributed by atoms with E-state index in [1.165, 1.54) is 4.88 Å². The van der Waals surface area contributed by atoms with Gasteiger partial charge in [0.2, 0.25) is 0 Å². The van der Waals surface area contributed by atoms with Crippen molar-refractivity contribution in [2.24, 2.45) is 11.8 Å². The van der Waals surface area contributed by atoms with Gasteiger partial charge in [-0.1, -0.05) is 20.8 Å². The molecule has 1 heterocycles. The summed E-state index contributed by atoms with van der Waals surface area (Å²) in [6, 6.07) is 0.428. The third-order valence-corrected chi connectivity index (χ3v) is 4.05. The molecule has 1 aromatic rings. The lowest BCUT2D eigenvalue weighted by Crippen LogP contribution is -2.26. The van der Waals surface area contributed by atoms with Crippen LogP contribution >= 0.6 is 11.3 Å². The Labute approximate surface area is 97.1 Å². The average Bonchev–Trinajstić information content (AvgIpc) is 2.60. The lowest BCUT2D eigenvalue weighted by atomic mass is 9.98. The molecule has 2 nitrogen and oxygen atoms in total. The highest BCUT2D eigenvalue weighted by molar-refractivity contribution is 7.11. The number of aromatic nitrogens is 1. The van der Waals surface area contributed by atoms with E-state index in [9.17, 15) is 0 Å². The van der Waals surface area contributed by atoms with Gasteiger partial charge in [-0.15, -0.1) is 11.3 Å². The van der Waals surface area contributed by atoms with Crippen LogP contribution in [0.15, 0.2) is 6.20 Å². The first-order valence-corrected chi connectivity index (χ1v) is 6.48. The van der Waals surface area contributed by atoms with Gasteiger partial charge in [0.1, 0.15) is 0 Å². The Morgan fingerprint density at radius 2 is 2.00 bits per heavy atom. The smallest absolute Gasteiger partial charge is 0.0897 e. The second kappa shape index (κ2) is 5.61. The Morgan fingerprint density at radius 1 is 1.33 bits per heavy atom. The molecule has 1 N–H and O–H groups in total. The van der Waals surface area contributed by atoms with E-state index in [2.05, 4.69) is 44.9 Å². The molecule has 0 bridgehead atoms. The molecule has 3 heteroatoms. The van der Waals surface area contributed by atoms with Gasteiger partial charge in [0.25, 0.3) is 0 Å². The van der Waals surface area contributed by atoms with E-state index in [0.29, 0.717) is 6.04 Å². The Hall–Kier alpha value is -0.410. The zero-order chi connectivity index (χ0) is 11.4. The predicted octanol–water partition coefficient (Wildman–Crippen LogP) is 3.39. The molecule has 0 spiro atoms. The van der Waals surface area contributed by atoms with Crippen LogP contribution < -0.4 is 5.32 Å². The summed E-state index contributed by atoms with van der Waals surface area (Å²) in [5.41, 5.74) is 0. The largest absolute Gasteiger partial charge is 0.309 e. The van der Waals surface area contributed by atoms with E-state index in [-0.39, 0.29) is 0 Å². The molecule has 2 atom stereocenters. The first-order valence-electron chi connectivity index (χ1n) is 5.66. The summed E-state index contributed by atoms with van der Waals surface area (Å²) in [5, 5.41) is 4.71. The highest BCUT2D eigenvalue weighted by Gasteiger charge is 2.11. The molecule has 0 saturated carbocycles. The number of rotatable bonds is 5. The molecule has 1 aromatic heterocycles. The zero-order valence-electron chi connectivity index (χ0n) is 10.4. The second-order valence-electron chi connectivity index (χ2n) is 4.63. The SMILES string of the molecule is Cc1ncc(C(C)NCC(C)C(C)C)s1. The number of nitrogens with one attached hydrogen (secondary N) is 1. The number of hydrogen-bond donors (Lipinski definition) is 1. The van der Waals surface area contributed by atoms with Crippen molar-refractivity contribution in [2.45, 2.75) is 40.7 Å². The summed E-state index contributed by atoms with van der Waals surface area (Å²) in [6.07, 6.45) is 1.98. The zero-order valence-corrected chi connectivity index (χ0v) is 11.2. The van der Waals surface area contributed by atoms with E-state index in [1.54, 1.807) is 11.3 Å². The highest BCUT2D eigenvalue weighted by atomic mass is 32.1. The molecule has 0 aliphatic rings. The Morgan fingerprint density at radius 3 is 2.47 bits per heavy atom. The minimum Gasteiger partial charge on any atom is -0.309 e. The lowest BCUT2D eigenvalue weighted by Gasteiger charge is -2.19. The van der Waals surface area contributed by atoms with Crippen LogP contribution in [0.4, 0.5) is 0 Å². The fraction of sp³-hybridized carbons (Fsp3) is 0.750. The molecule has 0 saturated heterocycles. The Balaban J connectivity index is 2.39. The minimum atomic E-state index is 0.428. The van der Waals surface area contributed by atoms with Crippen molar-refractivity contribution in [3.63, 3.8) is 0 Å². The van der Waals surface area contributed by atoms with E-state index in [4.69, 9.17) is 0 Å². The van der Waals surface area contributed by atoms with Crippen molar-refractivity contribution in [1.29, 1.82) is 0 Å². The van der Waals surface area contributed by atoms with Crippen LogP contribution in [0.3, 0.4) is 0 Å². The predicted molar refractivity (Wildman–Crippen MR) is 67.3 cm³/mol. The number of aryl methyl sites for hydroxylation is 1. The molecular weight excluding hydrogens is 204 g/mol. The van der Waals surface area contributed by atoms with Crippen LogP contribution in [0.5, 0.6) is 0 Å². The van der Waals surface area contributed by atoms with Gasteiger partial charge in [0.15, 0.2) is 0 Å². The molecule has 0 radical (unpaired) electrons. The third-order valence-electron chi connectivity index (χ3n) is 2.95. The fourth-order valence-electron chi connectivity index (χ4n) is 1.28. The van der Waals surface area contributed by atoms with Gasteiger partial charge < -0.3 is 5.32 Å². The molecule has 2 unspecified atom stereocenters. The molecule has 1 rings (SSSR count). The van der Waals surface area contributed by atoms with Crippen LogP contribution in [0.25, 0.3) is 0 Å². The molecule has 0 aliphatic heterocycles. The van der Waals surface area contributed by atoms with E-state index < -0.39 is 0 Å². The van der Waals surface area contributed by atoms with E-state index in [0.717, 1.165) is 23.4 Å². The van der Waals surface area contributed by atoms with Gasteiger partial charge >= 0.3 is 0 Å². The monoisotopic (exact) mass is 226 g/mol. The van der Waals surface area contributed by atoms with E-state index in [1.807, 2.05) is 6.20 Å². The molecule has 15 heavy (non-hydrogen) atoms. The van der Waals surface area contributed by atoms with Gasteiger partial charge in [0.05, 0.1) is 5.01 Å². The van der Waals surface area contributed by atoms with Gasteiger partial charge in [0, 0.05) is 17.1 Å². The van der Waals surface area contributed by atoms with Gasteiger partial charge in [-0.2, -0.15) is 0 Å². The first-order chi connectivity index (χ1) is 7.00. The van der Waals surface area contributed by atoms with Crippen molar-refractivity contribution in [3.8, 4) is 0 Å². The van der Waals surface area contributed by atoms with Crippen LogP contribution in [-0.2, 0) is 0 Å². The molecular formula is C12H22N2S. The van der Waals surface area contributed by atoms with Crippen LogP contribution in [0.2, 0.25) is 0 Å². The Kier molecular flexibility index (Phi) is 4.74. The Bertz CT molecular complexity index is 294. The van der Waals surface area contributed by atoms with Crippen LogP contribution in [-0.4, -0.2) is 11.5 Å². The first kappa shape index (κ1) is 12.7. The molecule has 86 valence electrons. The molecule has 0 aliphatic carbocycles. The minimum absolute atomic E-state index is 0.428. The summed E-state index contributed by atoms with van der Waals surface area (Å²) in [5.74, 6) is 1.47.